The zero-order chi connectivity index (χ0) is 19.3. The van der Waals surface area contributed by atoms with Crippen molar-refractivity contribution in [2.45, 2.75) is 6.18 Å². The molecule has 0 fully saturated rings. The van der Waals surface area contributed by atoms with Crippen molar-refractivity contribution in [2.75, 3.05) is 5.32 Å². The van der Waals surface area contributed by atoms with Gasteiger partial charge in [0.2, 0.25) is 5.82 Å². The van der Waals surface area contributed by atoms with Gasteiger partial charge in [-0.15, -0.1) is 0 Å². The fraction of sp³-hybridized carbons (Fsp3) is 0.0500. The van der Waals surface area contributed by atoms with Crippen molar-refractivity contribution in [1.29, 1.82) is 0 Å². The smallest absolute Gasteiger partial charge is 0.322 e. The molecule has 1 amide bonds. The maximum atomic E-state index is 12.6. The second-order valence-electron chi connectivity index (χ2n) is 5.43. The van der Waals surface area contributed by atoms with Gasteiger partial charge < -0.3 is 5.32 Å². The normalized spacial score (nSPS) is 10.6. The SMILES string of the molecule is O=C(Nc1ccc(C(F)(F)F)cc1)c1cccc(C#Cc2ncccn2)c1. The van der Waals surface area contributed by atoms with E-state index in [4.69, 9.17) is 0 Å². The lowest BCUT2D eigenvalue weighted by Gasteiger charge is -2.09. The number of rotatable bonds is 2. The van der Waals surface area contributed by atoms with Crippen LogP contribution in [0.25, 0.3) is 0 Å². The van der Waals surface area contributed by atoms with Crippen LogP contribution in [0, 0.1) is 11.8 Å². The molecule has 3 rings (SSSR count). The highest BCUT2D eigenvalue weighted by Gasteiger charge is 2.29. The lowest BCUT2D eigenvalue weighted by atomic mass is 10.1. The van der Waals surface area contributed by atoms with E-state index in [9.17, 15) is 18.0 Å². The third kappa shape index (κ3) is 4.92. The predicted molar refractivity (Wildman–Crippen MR) is 93.9 cm³/mol. The van der Waals surface area contributed by atoms with Gasteiger partial charge in [-0.05, 0) is 54.5 Å². The van der Waals surface area contributed by atoms with Crippen LogP contribution in [0.3, 0.4) is 0 Å². The summed E-state index contributed by atoms with van der Waals surface area (Å²) in [4.78, 5) is 20.3. The highest BCUT2D eigenvalue weighted by molar-refractivity contribution is 6.04. The zero-order valence-electron chi connectivity index (χ0n) is 13.8. The molecule has 1 N–H and O–H groups in total. The van der Waals surface area contributed by atoms with Gasteiger partial charge >= 0.3 is 6.18 Å². The Balaban J connectivity index is 1.73. The van der Waals surface area contributed by atoms with Crippen molar-refractivity contribution in [3.8, 4) is 11.8 Å². The minimum Gasteiger partial charge on any atom is -0.322 e. The minimum absolute atomic E-state index is 0.266. The zero-order valence-corrected chi connectivity index (χ0v) is 13.8. The Morgan fingerprint density at radius 3 is 2.30 bits per heavy atom. The van der Waals surface area contributed by atoms with Crippen molar-refractivity contribution in [3.63, 3.8) is 0 Å². The standard InChI is InChI=1S/C20H12F3N3O/c21-20(22,23)16-6-8-17(9-7-16)26-19(27)15-4-1-3-14(13-15)5-10-18-24-11-2-12-25-18/h1-4,6-9,11-13H,(H,26,27). The molecule has 0 unspecified atom stereocenters. The van der Waals surface area contributed by atoms with E-state index in [-0.39, 0.29) is 5.69 Å². The highest BCUT2D eigenvalue weighted by atomic mass is 19.4. The Kier molecular flexibility index (Phi) is 5.18. The van der Waals surface area contributed by atoms with E-state index < -0.39 is 17.6 Å². The van der Waals surface area contributed by atoms with Gasteiger partial charge in [-0.25, -0.2) is 9.97 Å². The molecule has 1 heterocycles. The van der Waals surface area contributed by atoms with E-state index in [2.05, 4.69) is 27.1 Å². The van der Waals surface area contributed by atoms with E-state index in [1.807, 2.05) is 0 Å². The van der Waals surface area contributed by atoms with Gasteiger partial charge in [-0.3, -0.25) is 4.79 Å². The molecule has 0 spiro atoms. The number of benzene rings is 2. The molecule has 0 atom stereocenters. The van der Waals surface area contributed by atoms with Crippen LogP contribution in [0.1, 0.15) is 27.3 Å². The number of hydrogen-bond acceptors (Lipinski definition) is 3. The minimum atomic E-state index is -4.42. The largest absolute Gasteiger partial charge is 0.416 e. The Labute approximate surface area is 153 Å². The number of alkyl halides is 3. The quantitative estimate of drug-likeness (QED) is 0.693. The fourth-order valence-corrected chi connectivity index (χ4v) is 2.18. The van der Waals surface area contributed by atoms with Crippen LogP contribution in [-0.2, 0) is 6.18 Å². The predicted octanol–water partition coefficient (Wildman–Crippen LogP) is 4.15. The third-order valence-electron chi connectivity index (χ3n) is 3.48. The van der Waals surface area contributed by atoms with Crippen molar-refractivity contribution in [3.05, 3.63) is 89.5 Å². The van der Waals surface area contributed by atoms with Crippen molar-refractivity contribution in [2.24, 2.45) is 0 Å². The molecule has 0 radical (unpaired) electrons. The van der Waals surface area contributed by atoms with Gasteiger partial charge in [-0.2, -0.15) is 13.2 Å². The van der Waals surface area contributed by atoms with Gasteiger partial charge in [0, 0.05) is 29.2 Å². The number of amides is 1. The summed E-state index contributed by atoms with van der Waals surface area (Å²) in [7, 11) is 0. The number of hydrogen-bond donors (Lipinski definition) is 1. The van der Waals surface area contributed by atoms with Crippen LogP contribution in [-0.4, -0.2) is 15.9 Å². The molecular formula is C20H12F3N3O. The summed E-state index contributed by atoms with van der Waals surface area (Å²) in [5.41, 5.74) is 0.404. The summed E-state index contributed by atoms with van der Waals surface area (Å²) in [6, 6.07) is 12.5. The van der Waals surface area contributed by atoms with Crippen LogP contribution in [0.5, 0.6) is 0 Å². The van der Waals surface area contributed by atoms with Gasteiger partial charge in [0.1, 0.15) is 0 Å². The lowest BCUT2D eigenvalue weighted by Crippen LogP contribution is -2.12. The summed E-state index contributed by atoms with van der Waals surface area (Å²) in [5.74, 6) is 5.56. The van der Waals surface area contributed by atoms with Crippen molar-refractivity contribution in [1.82, 2.24) is 9.97 Å². The van der Waals surface area contributed by atoms with Crippen LogP contribution >= 0.6 is 0 Å². The third-order valence-corrected chi connectivity index (χ3v) is 3.48. The molecule has 7 heteroatoms. The molecule has 0 aliphatic carbocycles. The van der Waals surface area contributed by atoms with E-state index >= 15 is 0 Å². The molecule has 4 nitrogen and oxygen atoms in total. The molecule has 3 aromatic rings. The lowest BCUT2D eigenvalue weighted by molar-refractivity contribution is -0.137. The summed E-state index contributed by atoms with van der Waals surface area (Å²) in [5, 5.41) is 2.56. The first-order chi connectivity index (χ1) is 12.9. The molecule has 0 saturated heterocycles. The van der Waals surface area contributed by atoms with Gasteiger partial charge in [0.25, 0.3) is 5.91 Å². The van der Waals surface area contributed by atoms with Crippen molar-refractivity contribution >= 4 is 11.6 Å². The number of carbonyl (C=O) groups excluding carboxylic acids is 1. The molecule has 2 aromatic carbocycles. The van der Waals surface area contributed by atoms with Crippen LogP contribution in [0.15, 0.2) is 67.0 Å². The first-order valence-corrected chi connectivity index (χ1v) is 7.79. The second kappa shape index (κ2) is 7.70. The maximum absolute atomic E-state index is 12.6. The number of nitrogens with zero attached hydrogens (tertiary/aromatic N) is 2. The highest BCUT2D eigenvalue weighted by Crippen LogP contribution is 2.29. The molecular weight excluding hydrogens is 355 g/mol. The van der Waals surface area contributed by atoms with Crippen LogP contribution in [0.4, 0.5) is 18.9 Å². The maximum Gasteiger partial charge on any atom is 0.416 e. The molecule has 0 saturated carbocycles. The number of carbonyl (C=O) groups is 1. The molecule has 0 bridgehead atoms. The molecule has 0 aliphatic heterocycles. The first kappa shape index (κ1) is 18.1. The van der Waals surface area contributed by atoms with E-state index in [1.54, 1.807) is 42.7 Å². The Morgan fingerprint density at radius 1 is 0.926 bits per heavy atom. The van der Waals surface area contributed by atoms with Crippen LogP contribution < -0.4 is 5.32 Å². The number of anilines is 1. The molecule has 27 heavy (non-hydrogen) atoms. The topological polar surface area (TPSA) is 54.9 Å². The van der Waals surface area contributed by atoms with E-state index in [1.165, 1.54) is 12.1 Å². The molecule has 0 aliphatic rings. The van der Waals surface area contributed by atoms with E-state index in [0.29, 0.717) is 17.0 Å². The Morgan fingerprint density at radius 2 is 1.63 bits per heavy atom. The number of halogens is 3. The molecule has 1 aromatic heterocycles. The number of aromatic nitrogens is 2. The van der Waals surface area contributed by atoms with Gasteiger partial charge in [0.05, 0.1) is 5.56 Å². The Bertz CT molecular complexity index is 1000. The summed E-state index contributed by atoms with van der Waals surface area (Å²) in [6.07, 6.45) is -1.27. The van der Waals surface area contributed by atoms with Gasteiger partial charge in [-0.1, -0.05) is 12.0 Å². The monoisotopic (exact) mass is 367 g/mol. The average Bonchev–Trinajstić information content (AvgIpc) is 2.67. The molecule has 134 valence electrons. The first-order valence-electron chi connectivity index (χ1n) is 7.79. The number of nitrogens with one attached hydrogen (secondary N) is 1. The van der Waals surface area contributed by atoms with E-state index in [0.717, 1.165) is 12.1 Å². The second-order valence-corrected chi connectivity index (χ2v) is 5.43. The average molecular weight is 367 g/mol. The Hall–Kier alpha value is -3.66. The fourth-order valence-electron chi connectivity index (χ4n) is 2.18. The van der Waals surface area contributed by atoms with Crippen LogP contribution in [0.2, 0.25) is 0 Å². The van der Waals surface area contributed by atoms with Crippen molar-refractivity contribution < 1.29 is 18.0 Å². The summed E-state index contributed by atoms with van der Waals surface area (Å²) < 4.78 is 37.7. The summed E-state index contributed by atoms with van der Waals surface area (Å²) >= 11 is 0. The summed E-state index contributed by atoms with van der Waals surface area (Å²) in [6.45, 7) is 0. The van der Waals surface area contributed by atoms with Gasteiger partial charge in [0.15, 0.2) is 0 Å².